The van der Waals surface area contributed by atoms with Gasteiger partial charge in [0.15, 0.2) is 0 Å². The first kappa shape index (κ1) is 11.6. The molecule has 15 heavy (non-hydrogen) atoms. The van der Waals surface area contributed by atoms with Gasteiger partial charge in [-0.1, -0.05) is 0 Å². The zero-order valence-electron chi connectivity index (χ0n) is 8.50. The Balaban J connectivity index is 3.22. The standard InChI is InChI=1S/C10H12F2N2O/c1-14(2)9(10(13)15)7-5-6(11)3-4-8(7)12/h3-5,9H,1-2H3,(H2,13,15). The molecule has 1 amide bonds. The number of halogens is 2. The number of benzene rings is 1. The van der Waals surface area contributed by atoms with E-state index in [0.29, 0.717) is 0 Å². The van der Waals surface area contributed by atoms with Gasteiger partial charge in [-0.15, -0.1) is 0 Å². The lowest BCUT2D eigenvalue weighted by Gasteiger charge is -2.21. The highest BCUT2D eigenvalue weighted by Crippen LogP contribution is 2.21. The Morgan fingerprint density at radius 1 is 1.40 bits per heavy atom. The molecule has 0 aromatic heterocycles. The lowest BCUT2D eigenvalue weighted by Crippen LogP contribution is -2.33. The molecule has 0 spiro atoms. The topological polar surface area (TPSA) is 46.3 Å². The quantitative estimate of drug-likeness (QED) is 0.817. The lowest BCUT2D eigenvalue weighted by molar-refractivity contribution is -0.122. The molecule has 0 fully saturated rings. The zero-order chi connectivity index (χ0) is 11.6. The van der Waals surface area contributed by atoms with Gasteiger partial charge >= 0.3 is 0 Å². The zero-order valence-corrected chi connectivity index (χ0v) is 8.50. The van der Waals surface area contributed by atoms with Crippen LogP contribution in [-0.4, -0.2) is 24.9 Å². The molecule has 3 nitrogen and oxygen atoms in total. The van der Waals surface area contributed by atoms with Crippen molar-refractivity contribution in [3.63, 3.8) is 0 Å². The first-order valence-corrected chi connectivity index (χ1v) is 4.34. The summed E-state index contributed by atoms with van der Waals surface area (Å²) < 4.78 is 26.2. The maximum atomic E-state index is 13.3. The molecule has 0 heterocycles. The molecule has 0 aliphatic rings. The molecule has 2 N–H and O–H groups in total. The van der Waals surface area contributed by atoms with Crippen LogP contribution in [0.3, 0.4) is 0 Å². The number of hydrogen-bond donors (Lipinski definition) is 1. The molecule has 1 aromatic carbocycles. The molecule has 0 radical (unpaired) electrons. The molecule has 0 aliphatic carbocycles. The van der Waals surface area contributed by atoms with Crippen LogP contribution >= 0.6 is 0 Å². The number of hydrogen-bond acceptors (Lipinski definition) is 2. The Kier molecular flexibility index (Phi) is 3.36. The van der Waals surface area contributed by atoms with Crippen LogP contribution in [0.5, 0.6) is 0 Å². The van der Waals surface area contributed by atoms with E-state index in [4.69, 9.17) is 5.73 Å². The van der Waals surface area contributed by atoms with Gasteiger partial charge in [-0.3, -0.25) is 9.69 Å². The Hall–Kier alpha value is -1.49. The van der Waals surface area contributed by atoms with Crippen molar-refractivity contribution in [2.24, 2.45) is 5.73 Å². The number of rotatable bonds is 3. The lowest BCUT2D eigenvalue weighted by atomic mass is 10.0. The van der Waals surface area contributed by atoms with Crippen molar-refractivity contribution >= 4 is 5.91 Å². The van der Waals surface area contributed by atoms with Crippen molar-refractivity contribution < 1.29 is 13.6 Å². The highest BCUT2D eigenvalue weighted by atomic mass is 19.1. The van der Waals surface area contributed by atoms with Gasteiger partial charge in [0, 0.05) is 5.56 Å². The number of carbonyl (C=O) groups is 1. The summed E-state index contributed by atoms with van der Waals surface area (Å²) in [6.45, 7) is 0. The van der Waals surface area contributed by atoms with Gasteiger partial charge in [0.1, 0.15) is 17.7 Å². The summed E-state index contributed by atoms with van der Waals surface area (Å²) in [4.78, 5) is 12.5. The van der Waals surface area contributed by atoms with Crippen molar-refractivity contribution in [1.29, 1.82) is 0 Å². The molecule has 1 atom stereocenters. The van der Waals surface area contributed by atoms with Gasteiger partial charge in [-0.05, 0) is 32.3 Å². The smallest absolute Gasteiger partial charge is 0.239 e. The van der Waals surface area contributed by atoms with E-state index in [1.807, 2.05) is 0 Å². The van der Waals surface area contributed by atoms with Gasteiger partial charge in [-0.2, -0.15) is 0 Å². The Bertz CT molecular complexity index is 380. The van der Waals surface area contributed by atoms with Crippen molar-refractivity contribution in [2.45, 2.75) is 6.04 Å². The van der Waals surface area contributed by atoms with Crippen LogP contribution in [-0.2, 0) is 4.79 Å². The van der Waals surface area contributed by atoms with Crippen molar-refractivity contribution in [3.8, 4) is 0 Å². The summed E-state index contributed by atoms with van der Waals surface area (Å²) in [5.74, 6) is -1.96. The average molecular weight is 214 g/mol. The van der Waals surface area contributed by atoms with E-state index in [9.17, 15) is 13.6 Å². The van der Waals surface area contributed by atoms with Gasteiger partial charge < -0.3 is 5.73 Å². The third kappa shape index (κ3) is 2.50. The predicted molar refractivity (Wildman–Crippen MR) is 52.0 cm³/mol. The third-order valence-corrected chi connectivity index (χ3v) is 2.04. The fraction of sp³-hybridized carbons (Fsp3) is 0.300. The maximum absolute atomic E-state index is 13.3. The Morgan fingerprint density at radius 3 is 2.47 bits per heavy atom. The van der Waals surface area contributed by atoms with E-state index in [2.05, 4.69) is 0 Å². The first-order chi connectivity index (χ1) is 6.93. The van der Waals surface area contributed by atoms with Crippen LogP contribution in [0.25, 0.3) is 0 Å². The van der Waals surface area contributed by atoms with E-state index in [1.54, 1.807) is 14.1 Å². The maximum Gasteiger partial charge on any atom is 0.239 e. The molecule has 1 aromatic rings. The number of nitrogens with zero attached hydrogens (tertiary/aromatic N) is 1. The van der Waals surface area contributed by atoms with Gasteiger partial charge in [0.25, 0.3) is 0 Å². The SMILES string of the molecule is CN(C)C(C(N)=O)c1cc(F)ccc1F. The first-order valence-electron chi connectivity index (χ1n) is 4.34. The van der Waals surface area contributed by atoms with E-state index in [0.717, 1.165) is 18.2 Å². The largest absolute Gasteiger partial charge is 0.368 e. The molecule has 0 saturated carbocycles. The highest BCUT2D eigenvalue weighted by Gasteiger charge is 2.23. The van der Waals surface area contributed by atoms with Crippen molar-refractivity contribution in [1.82, 2.24) is 4.90 Å². The second-order valence-electron chi connectivity index (χ2n) is 3.43. The van der Waals surface area contributed by atoms with Gasteiger partial charge in [-0.25, -0.2) is 8.78 Å². The number of nitrogens with two attached hydrogens (primary N) is 1. The molecule has 0 saturated heterocycles. The average Bonchev–Trinajstić information content (AvgIpc) is 2.10. The van der Waals surface area contributed by atoms with E-state index in [1.165, 1.54) is 4.90 Å². The monoisotopic (exact) mass is 214 g/mol. The van der Waals surface area contributed by atoms with E-state index >= 15 is 0 Å². The van der Waals surface area contributed by atoms with E-state index in [-0.39, 0.29) is 5.56 Å². The van der Waals surface area contributed by atoms with Crippen LogP contribution in [0.15, 0.2) is 18.2 Å². The minimum absolute atomic E-state index is 0.0486. The fourth-order valence-corrected chi connectivity index (χ4v) is 1.41. The van der Waals surface area contributed by atoms with Crippen LogP contribution in [0.2, 0.25) is 0 Å². The van der Waals surface area contributed by atoms with Crippen LogP contribution < -0.4 is 5.73 Å². The van der Waals surface area contributed by atoms with Crippen molar-refractivity contribution in [2.75, 3.05) is 14.1 Å². The summed E-state index contributed by atoms with van der Waals surface area (Å²) in [5.41, 5.74) is 5.07. The summed E-state index contributed by atoms with van der Waals surface area (Å²) in [7, 11) is 3.14. The Morgan fingerprint density at radius 2 is 2.00 bits per heavy atom. The molecule has 1 unspecified atom stereocenters. The number of likely N-dealkylation sites (N-methyl/N-ethyl adjacent to an activating group) is 1. The van der Waals surface area contributed by atoms with Gasteiger partial charge in [0.05, 0.1) is 0 Å². The molecular formula is C10H12F2N2O. The second-order valence-corrected chi connectivity index (χ2v) is 3.43. The molecule has 5 heteroatoms. The summed E-state index contributed by atoms with van der Waals surface area (Å²) in [5, 5.41) is 0. The molecule has 1 rings (SSSR count). The molecule has 0 bridgehead atoms. The van der Waals surface area contributed by atoms with Crippen LogP contribution in [0.1, 0.15) is 11.6 Å². The van der Waals surface area contributed by atoms with Crippen LogP contribution in [0.4, 0.5) is 8.78 Å². The number of carbonyl (C=O) groups excluding carboxylic acids is 1. The summed E-state index contributed by atoms with van der Waals surface area (Å²) >= 11 is 0. The fourth-order valence-electron chi connectivity index (χ4n) is 1.41. The predicted octanol–water partition coefficient (Wildman–Crippen LogP) is 1.05. The normalized spacial score (nSPS) is 12.9. The number of amides is 1. The molecule has 82 valence electrons. The second kappa shape index (κ2) is 4.35. The Labute approximate surface area is 86.5 Å². The minimum atomic E-state index is -0.958. The van der Waals surface area contributed by atoms with Crippen LogP contribution in [0, 0.1) is 11.6 Å². The minimum Gasteiger partial charge on any atom is -0.368 e. The third-order valence-electron chi connectivity index (χ3n) is 2.04. The molecular weight excluding hydrogens is 202 g/mol. The van der Waals surface area contributed by atoms with Gasteiger partial charge in [0.2, 0.25) is 5.91 Å². The van der Waals surface area contributed by atoms with E-state index < -0.39 is 23.6 Å². The number of primary amides is 1. The highest BCUT2D eigenvalue weighted by molar-refractivity contribution is 5.81. The summed E-state index contributed by atoms with van der Waals surface area (Å²) in [6.07, 6.45) is 0. The molecule has 0 aliphatic heterocycles. The summed E-state index contributed by atoms with van der Waals surface area (Å²) in [6, 6.07) is 1.99. The van der Waals surface area contributed by atoms with Crippen molar-refractivity contribution in [3.05, 3.63) is 35.4 Å².